The molecule has 1 rings (SSSR count). The molecule has 2 N–H and O–H groups in total. The Morgan fingerprint density at radius 3 is 2.79 bits per heavy atom. The van der Waals surface area contributed by atoms with E-state index in [1.165, 1.54) is 13.0 Å². The summed E-state index contributed by atoms with van der Waals surface area (Å²) in [5, 5.41) is 17.9. The molecule has 0 aliphatic rings. The summed E-state index contributed by atoms with van der Waals surface area (Å²) in [6, 6.07) is 3.50. The van der Waals surface area contributed by atoms with E-state index in [9.17, 15) is 14.3 Å². The zero-order valence-corrected chi connectivity index (χ0v) is 7.70. The van der Waals surface area contributed by atoms with Crippen molar-refractivity contribution in [3.8, 4) is 5.75 Å². The topological polar surface area (TPSA) is 57.5 Å². The number of aromatic hydroxyl groups is 1. The highest BCUT2D eigenvalue weighted by Crippen LogP contribution is 2.21. The van der Waals surface area contributed by atoms with Crippen LogP contribution in [-0.2, 0) is 11.2 Å². The zero-order chi connectivity index (χ0) is 10.7. The molecule has 0 aliphatic heterocycles. The lowest BCUT2D eigenvalue weighted by Gasteiger charge is -2.07. The number of aliphatic carboxylic acids is 1. The Morgan fingerprint density at radius 1 is 1.57 bits per heavy atom. The molecule has 4 heteroatoms. The van der Waals surface area contributed by atoms with E-state index in [-0.39, 0.29) is 12.2 Å². The van der Waals surface area contributed by atoms with Crippen LogP contribution in [-0.4, -0.2) is 16.2 Å². The number of rotatable bonds is 3. The Bertz CT molecular complexity index is 349. The molecule has 0 fully saturated rings. The minimum absolute atomic E-state index is 0.0699. The lowest BCUT2D eigenvalue weighted by molar-refractivity contribution is -0.141. The molecular weight excluding hydrogens is 187 g/mol. The zero-order valence-electron chi connectivity index (χ0n) is 7.70. The fourth-order valence-electron chi connectivity index (χ4n) is 1.13. The maximum Gasteiger partial charge on any atom is 0.306 e. The van der Waals surface area contributed by atoms with Crippen molar-refractivity contribution in [1.82, 2.24) is 0 Å². The van der Waals surface area contributed by atoms with Crippen LogP contribution in [0.3, 0.4) is 0 Å². The largest absolute Gasteiger partial charge is 0.508 e. The van der Waals surface area contributed by atoms with Crippen LogP contribution in [0.4, 0.5) is 4.39 Å². The van der Waals surface area contributed by atoms with Gasteiger partial charge in [-0.1, -0.05) is 6.92 Å². The molecule has 0 bridgehead atoms. The minimum Gasteiger partial charge on any atom is -0.508 e. The summed E-state index contributed by atoms with van der Waals surface area (Å²) in [6.07, 6.45) is 0.124. The van der Waals surface area contributed by atoms with Crippen molar-refractivity contribution in [3.63, 3.8) is 0 Å². The molecule has 0 aliphatic carbocycles. The first-order valence-corrected chi connectivity index (χ1v) is 4.21. The Labute approximate surface area is 80.8 Å². The molecule has 1 aromatic carbocycles. The summed E-state index contributed by atoms with van der Waals surface area (Å²) in [5.41, 5.74) is 0.319. The van der Waals surface area contributed by atoms with Gasteiger partial charge in [-0.15, -0.1) is 0 Å². The van der Waals surface area contributed by atoms with Gasteiger partial charge in [0.25, 0.3) is 0 Å². The lowest BCUT2D eigenvalue weighted by Crippen LogP contribution is -2.12. The third-order valence-electron chi connectivity index (χ3n) is 1.99. The summed E-state index contributed by atoms with van der Waals surface area (Å²) < 4.78 is 12.7. The van der Waals surface area contributed by atoms with Crippen LogP contribution in [0.1, 0.15) is 12.5 Å². The van der Waals surface area contributed by atoms with Gasteiger partial charge >= 0.3 is 5.97 Å². The second-order valence-electron chi connectivity index (χ2n) is 3.22. The van der Waals surface area contributed by atoms with Crippen LogP contribution in [0.25, 0.3) is 0 Å². The Balaban J connectivity index is 2.85. The highest BCUT2D eigenvalue weighted by atomic mass is 19.1. The molecule has 0 saturated heterocycles. The second-order valence-corrected chi connectivity index (χ2v) is 3.22. The maximum atomic E-state index is 12.7. The minimum atomic E-state index is -0.964. The second kappa shape index (κ2) is 4.09. The number of hydrogen-bond donors (Lipinski definition) is 2. The standard InChI is InChI=1S/C10H11FO3/c1-6(10(13)14)4-7-5-8(11)2-3-9(7)12/h2-3,5-6,12H,4H2,1H3,(H,13,14). The first-order chi connectivity index (χ1) is 6.50. The van der Waals surface area contributed by atoms with E-state index in [2.05, 4.69) is 0 Å². The van der Waals surface area contributed by atoms with E-state index < -0.39 is 17.7 Å². The van der Waals surface area contributed by atoms with Crippen molar-refractivity contribution in [2.24, 2.45) is 5.92 Å². The highest BCUT2D eigenvalue weighted by molar-refractivity contribution is 5.70. The Morgan fingerprint density at radius 2 is 2.21 bits per heavy atom. The average molecular weight is 198 g/mol. The molecule has 3 nitrogen and oxygen atoms in total. The average Bonchev–Trinajstić information content (AvgIpc) is 2.11. The van der Waals surface area contributed by atoms with Crippen molar-refractivity contribution in [3.05, 3.63) is 29.6 Å². The molecule has 0 aromatic heterocycles. The number of benzene rings is 1. The molecular formula is C10H11FO3. The van der Waals surface area contributed by atoms with Gasteiger partial charge in [-0.25, -0.2) is 4.39 Å². The summed E-state index contributed by atoms with van der Waals surface area (Å²) >= 11 is 0. The van der Waals surface area contributed by atoms with E-state index in [1.54, 1.807) is 0 Å². The van der Waals surface area contributed by atoms with Gasteiger partial charge in [0.05, 0.1) is 5.92 Å². The molecule has 0 heterocycles. The number of halogens is 1. The van der Waals surface area contributed by atoms with Crippen LogP contribution in [0.5, 0.6) is 5.75 Å². The maximum absolute atomic E-state index is 12.7. The SMILES string of the molecule is CC(Cc1cc(F)ccc1O)C(=O)O. The third kappa shape index (κ3) is 2.45. The molecule has 0 saturated carbocycles. The first kappa shape index (κ1) is 10.5. The fourth-order valence-corrected chi connectivity index (χ4v) is 1.13. The monoisotopic (exact) mass is 198 g/mol. The van der Waals surface area contributed by atoms with Crippen LogP contribution in [0, 0.1) is 11.7 Å². The molecule has 1 atom stereocenters. The van der Waals surface area contributed by atoms with Gasteiger partial charge in [0, 0.05) is 0 Å². The normalized spacial score (nSPS) is 12.4. The highest BCUT2D eigenvalue weighted by Gasteiger charge is 2.14. The number of carboxylic acid groups (broad SMARTS) is 1. The van der Waals surface area contributed by atoms with Crippen LogP contribution >= 0.6 is 0 Å². The summed E-state index contributed by atoms with van der Waals surface area (Å²) in [7, 11) is 0. The van der Waals surface area contributed by atoms with Gasteiger partial charge in [0.2, 0.25) is 0 Å². The Hall–Kier alpha value is -1.58. The summed E-state index contributed by atoms with van der Waals surface area (Å²) in [6.45, 7) is 1.51. The number of phenolic OH excluding ortho intramolecular Hbond substituents is 1. The number of carbonyl (C=O) groups is 1. The number of hydrogen-bond acceptors (Lipinski definition) is 2. The fraction of sp³-hybridized carbons (Fsp3) is 0.300. The van der Waals surface area contributed by atoms with Gasteiger partial charge in [-0.05, 0) is 30.2 Å². The molecule has 0 spiro atoms. The van der Waals surface area contributed by atoms with E-state index >= 15 is 0 Å². The van der Waals surface area contributed by atoms with E-state index in [0.717, 1.165) is 12.1 Å². The first-order valence-electron chi connectivity index (χ1n) is 4.21. The Kier molecular flexibility index (Phi) is 3.06. The van der Waals surface area contributed by atoms with Gasteiger partial charge in [0.15, 0.2) is 0 Å². The van der Waals surface area contributed by atoms with Crippen molar-refractivity contribution in [1.29, 1.82) is 0 Å². The van der Waals surface area contributed by atoms with Gasteiger partial charge in [-0.2, -0.15) is 0 Å². The molecule has 1 unspecified atom stereocenters. The smallest absolute Gasteiger partial charge is 0.306 e. The van der Waals surface area contributed by atoms with Crippen LogP contribution < -0.4 is 0 Å². The summed E-state index contributed by atoms with van der Waals surface area (Å²) in [5.74, 6) is -2.15. The van der Waals surface area contributed by atoms with E-state index in [0.29, 0.717) is 5.56 Å². The molecule has 1 aromatic rings. The molecule has 14 heavy (non-hydrogen) atoms. The quantitative estimate of drug-likeness (QED) is 0.778. The number of carboxylic acids is 1. The number of phenols is 1. The van der Waals surface area contributed by atoms with Crippen LogP contribution in [0.2, 0.25) is 0 Å². The van der Waals surface area contributed by atoms with Crippen molar-refractivity contribution >= 4 is 5.97 Å². The predicted octanol–water partition coefficient (Wildman–Crippen LogP) is 1.79. The van der Waals surface area contributed by atoms with Gasteiger partial charge in [-0.3, -0.25) is 4.79 Å². The predicted molar refractivity (Wildman–Crippen MR) is 48.6 cm³/mol. The molecule has 76 valence electrons. The van der Waals surface area contributed by atoms with E-state index in [1.807, 2.05) is 0 Å². The van der Waals surface area contributed by atoms with E-state index in [4.69, 9.17) is 5.11 Å². The van der Waals surface area contributed by atoms with Gasteiger partial charge < -0.3 is 10.2 Å². The molecule has 0 radical (unpaired) electrons. The third-order valence-corrected chi connectivity index (χ3v) is 1.99. The lowest BCUT2D eigenvalue weighted by atomic mass is 10.0. The van der Waals surface area contributed by atoms with Crippen molar-refractivity contribution in [2.75, 3.05) is 0 Å². The van der Waals surface area contributed by atoms with Gasteiger partial charge in [0.1, 0.15) is 11.6 Å². The van der Waals surface area contributed by atoms with Crippen molar-refractivity contribution < 1.29 is 19.4 Å². The van der Waals surface area contributed by atoms with Crippen LogP contribution in [0.15, 0.2) is 18.2 Å². The summed E-state index contributed by atoms with van der Waals surface area (Å²) in [4.78, 5) is 10.5. The van der Waals surface area contributed by atoms with Crippen molar-refractivity contribution in [2.45, 2.75) is 13.3 Å². The molecule has 0 amide bonds.